The first kappa shape index (κ1) is 20.2. The largest absolute Gasteiger partial charge is 0.393 e. The van der Waals surface area contributed by atoms with Crippen LogP contribution < -0.4 is 0 Å². The average molecular weight is 419 g/mol. The topological polar surface area (TPSA) is 57.2 Å². The Labute approximate surface area is 180 Å². The van der Waals surface area contributed by atoms with Crippen LogP contribution in [0.4, 0.5) is 0 Å². The lowest BCUT2D eigenvalue weighted by Gasteiger charge is -2.59. The van der Waals surface area contributed by atoms with Gasteiger partial charge in [-0.2, -0.15) is 19.6 Å². The summed E-state index contributed by atoms with van der Waals surface area (Å²) in [4.78, 5) is 24.5. The molecule has 5 heteroatoms. The zero-order chi connectivity index (χ0) is 20.6. The number of allylic oxidation sites excluding steroid dienone is 1. The number of aliphatic hydroxyl groups is 1. The molecule has 6 aliphatic rings. The summed E-state index contributed by atoms with van der Waals surface area (Å²) in [5.74, 6) is 0.469. The Bertz CT molecular complexity index is 717. The maximum Gasteiger partial charge on any atom is 0.239 e. The minimum atomic E-state index is -0.765. The highest BCUT2D eigenvalue weighted by Gasteiger charge is 2.69. The van der Waals surface area contributed by atoms with Crippen LogP contribution in [0, 0.1) is 28.6 Å². The Kier molecular flexibility index (Phi) is 4.55. The molecule has 1 saturated heterocycles. The fraction of sp³-hybridized carbons (Fsp3) is 0.920. The molecule has 1 heterocycles. The van der Waals surface area contributed by atoms with Gasteiger partial charge >= 0.3 is 0 Å². The Hall–Kier alpha value is -0.460. The molecule has 2 spiro atoms. The first-order valence-corrected chi connectivity index (χ1v) is 12.5. The molecule has 1 aliphatic heterocycles. The van der Waals surface area contributed by atoms with Crippen molar-refractivity contribution in [2.24, 2.45) is 28.6 Å². The van der Waals surface area contributed by atoms with Gasteiger partial charge in [0, 0.05) is 24.7 Å². The number of rotatable bonds is 0. The SMILES string of the molecule is C[C@]12CC[C@H](O)CC1=CC[C@@H]1[C@@H]2CC[C@@]2(C)[C@H]1CCC21OOC2(CCCCC2)OO1. The van der Waals surface area contributed by atoms with Crippen molar-refractivity contribution >= 4 is 0 Å². The smallest absolute Gasteiger partial charge is 0.239 e. The van der Waals surface area contributed by atoms with Crippen molar-refractivity contribution in [1.29, 1.82) is 0 Å². The monoisotopic (exact) mass is 418 g/mol. The van der Waals surface area contributed by atoms with Crippen molar-refractivity contribution in [2.45, 2.75) is 115 Å². The van der Waals surface area contributed by atoms with Gasteiger partial charge in [0.2, 0.25) is 11.6 Å². The molecule has 5 fully saturated rings. The second-order valence-electron chi connectivity index (χ2n) is 11.7. The van der Waals surface area contributed by atoms with E-state index in [0.29, 0.717) is 17.8 Å². The minimum absolute atomic E-state index is 0.0830. The van der Waals surface area contributed by atoms with E-state index in [-0.39, 0.29) is 16.9 Å². The van der Waals surface area contributed by atoms with Crippen LogP contribution in [-0.4, -0.2) is 22.8 Å². The highest BCUT2D eigenvalue weighted by atomic mass is 17.4. The van der Waals surface area contributed by atoms with E-state index in [4.69, 9.17) is 19.6 Å². The zero-order valence-corrected chi connectivity index (χ0v) is 18.7. The Morgan fingerprint density at radius 1 is 0.833 bits per heavy atom. The van der Waals surface area contributed by atoms with Crippen LogP contribution in [0.25, 0.3) is 0 Å². The van der Waals surface area contributed by atoms with Crippen LogP contribution >= 0.6 is 0 Å². The van der Waals surface area contributed by atoms with Crippen molar-refractivity contribution in [3.8, 4) is 0 Å². The fourth-order valence-electron chi connectivity index (χ4n) is 8.44. The molecule has 0 amide bonds. The van der Waals surface area contributed by atoms with E-state index in [9.17, 15) is 5.11 Å². The summed E-state index contributed by atoms with van der Waals surface area (Å²) in [6.07, 6.45) is 15.8. The molecular weight excluding hydrogens is 380 g/mol. The van der Waals surface area contributed by atoms with E-state index < -0.39 is 11.6 Å². The van der Waals surface area contributed by atoms with Gasteiger partial charge in [-0.3, -0.25) is 0 Å². The van der Waals surface area contributed by atoms with Gasteiger partial charge in [0.05, 0.1) is 6.10 Å². The van der Waals surface area contributed by atoms with E-state index in [2.05, 4.69) is 19.9 Å². The molecule has 0 aromatic rings. The zero-order valence-electron chi connectivity index (χ0n) is 18.7. The second kappa shape index (κ2) is 6.77. The molecule has 4 saturated carbocycles. The van der Waals surface area contributed by atoms with E-state index >= 15 is 0 Å². The third kappa shape index (κ3) is 2.65. The van der Waals surface area contributed by atoms with Crippen LogP contribution in [0.15, 0.2) is 11.6 Å². The van der Waals surface area contributed by atoms with Gasteiger partial charge in [-0.1, -0.05) is 31.9 Å². The van der Waals surface area contributed by atoms with Gasteiger partial charge in [-0.15, -0.1) is 0 Å². The summed E-state index contributed by atoms with van der Waals surface area (Å²) >= 11 is 0. The highest BCUT2D eigenvalue weighted by molar-refractivity contribution is 5.25. The number of fused-ring (bicyclic) bond motifs is 6. The molecule has 6 rings (SSSR count). The molecule has 0 unspecified atom stereocenters. The molecule has 0 radical (unpaired) electrons. The van der Waals surface area contributed by atoms with Crippen LogP contribution in [0.2, 0.25) is 0 Å². The van der Waals surface area contributed by atoms with Gasteiger partial charge in [0.1, 0.15) is 0 Å². The van der Waals surface area contributed by atoms with E-state index in [0.717, 1.165) is 70.6 Å². The van der Waals surface area contributed by atoms with Crippen molar-refractivity contribution in [2.75, 3.05) is 0 Å². The van der Waals surface area contributed by atoms with Crippen LogP contribution in [-0.2, 0) is 19.6 Å². The third-order valence-corrected chi connectivity index (χ3v) is 10.4. The van der Waals surface area contributed by atoms with Gasteiger partial charge in [-0.05, 0) is 81.0 Å². The number of aliphatic hydroxyl groups excluding tert-OH is 1. The van der Waals surface area contributed by atoms with E-state index in [1.165, 1.54) is 18.4 Å². The molecular formula is C25H38O5. The van der Waals surface area contributed by atoms with Gasteiger partial charge in [-0.25, -0.2) is 0 Å². The Morgan fingerprint density at radius 3 is 2.33 bits per heavy atom. The lowest BCUT2D eigenvalue weighted by atomic mass is 9.47. The molecule has 5 aliphatic carbocycles. The van der Waals surface area contributed by atoms with Gasteiger partial charge in [0.25, 0.3) is 0 Å². The molecule has 0 aromatic heterocycles. The normalized spacial score (nSPS) is 49.2. The summed E-state index contributed by atoms with van der Waals surface area (Å²) < 4.78 is 0. The summed E-state index contributed by atoms with van der Waals surface area (Å²) in [7, 11) is 0. The van der Waals surface area contributed by atoms with Gasteiger partial charge < -0.3 is 5.11 Å². The fourth-order valence-corrected chi connectivity index (χ4v) is 8.44. The van der Waals surface area contributed by atoms with Crippen LogP contribution in [0.3, 0.4) is 0 Å². The van der Waals surface area contributed by atoms with Crippen molar-refractivity contribution in [3.05, 3.63) is 11.6 Å². The maximum atomic E-state index is 10.2. The van der Waals surface area contributed by atoms with Crippen molar-refractivity contribution in [1.82, 2.24) is 0 Å². The third-order valence-electron chi connectivity index (χ3n) is 10.4. The average Bonchev–Trinajstić information content (AvgIpc) is 3.04. The van der Waals surface area contributed by atoms with Crippen molar-refractivity contribution in [3.63, 3.8) is 0 Å². The summed E-state index contributed by atoms with van der Waals surface area (Å²) in [6.45, 7) is 4.83. The molecule has 0 aromatic carbocycles. The quantitative estimate of drug-likeness (QED) is 0.411. The predicted octanol–water partition coefficient (Wildman–Crippen LogP) is 5.58. The van der Waals surface area contributed by atoms with Crippen molar-refractivity contribution < 1.29 is 24.7 Å². The minimum Gasteiger partial charge on any atom is -0.393 e. The first-order valence-electron chi connectivity index (χ1n) is 12.5. The predicted molar refractivity (Wildman–Crippen MR) is 111 cm³/mol. The lowest BCUT2D eigenvalue weighted by molar-refractivity contribution is -0.672. The Balaban J connectivity index is 1.25. The van der Waals surface area contributed by atoms with Crippen LogP contribution in [0.1, 0.15) is 97.3 Å². The first-order chi connectivity index (χ1) is 14.4. The van der Waals surface area contributed by atoms with Gasteiger partial charge in [0.15, 0.2) is 0 Å². The second-order valence-corrected chi connectivity index (χ2v) is 11.7. The summed E-state index contributed by atoms with van der Waals surface area (Å²) in [5, 5.41) is 10.2. The molecule has 168 valence electrons. The highest BCUT2D eigenvalue weighted by Crippen LogP contribution is 2.69. The summed E-state index contributed by atoms with van der Waals surface area (Å²) in [6, 6.07) is 0. The van der Waals surface area contributed by atoms with E-state index in [1.54, 1.807) is 0 Å². The molecule has 5 nitrogen and oxygen atoms in total. The van der Waals surface area contributed by atoms with Crippen LogP contribution in [0.5, 0.6) is 0 Å². The molecule has 1 N–H and O–H groups in total. The standard InChI is InChI=1S/C25H38O5/c1-22-13-8-18(26)16-17(22)6-7-19-20(22)9-14-23(2)21(19)10-15-25(23)29-27-24(28-30-25)11-4-3-5-12-24/h6,18-21,26H,3-5,7-16H2,1-2H3/t18-,19+,20-,21-,22-,23-/m0/s1. The molecule has 30 heavy (non-hydrogen) atoms. The lowest BCUT2D eigenvalue weighted by Crippen LogP contribution is -2.60. The Morgan fingerprint density at radius 2 is 1.57 bits per heavy atom. The molecule has 6 atom stereocenters. The number of hydrogen-bond acceptors (Lipinski definition) is 5. The maximum absolute atomic E-state index is 10.2. The molecule has 0 bridgehead atoms. The van der Waals surface area contributed by atoms with E-state index in [1.807, 2.05) is 0 Å². The summed E-state index contributed by atoms with van der Waals surface area (Å²) in [5.41, 5.74) is 1.70. The number of hydrogen-bond donors (Lipinski definition) is 1.